The van der Waals surface area contributed by atoms with Gasteiger partial charge < -0.3 is 0 Å². The van der Waals surface area contributed by atoms with Gasteiger partial charge in [-0.3, -0.25) is 14.6 Å². The van der Waals surface area contributed by atoms with Gasteiger partial charge in [-0.15, -0.1) is 0 Å². The van der Waals surface area contributed by atoms with E-state index in [0.717, 1.165) is 23.1 Å². The lowest BCUT2D eigenvalue weighted by atomic mass is 10.1. The molecule has 3 rings (SSSR count). The van der Waals surface area contributed by atoms with E-state index in [4.69, 9.17) is 12.2 Å². The fourth-order valence-corrected chi connectivity index (χ4v) is 4.33. The normalized spacial score (nSPS) is 21.9. The van der Waals surface area contributed by atoms with Crippen LogP contribution in [0, 0.1) is 0 Å². The SMILES string of the molecule is O=C1/C(=C/c2cccc(Br)c2)SC(=S)N1CN1CCCCC1. The molecule has 0 saturated carbocycles. The maximum absolute atomic E-state index is 12.6. The van der Waals surface area contributed by atoms with Crippen LogP contribution in [0.1, 0.15) is 24.8 Å². The van der Waals surface area contributed by atoms with Crippen LogP contribution in [0.15, 0.2) is 33.6 Å². The Hall–Kier alpha value is -0.690. The molecule has 22 heavy (non-hydrogen) atoms. The van der Waals surface area contributed by atoms with Crippen molar-refractivity contribution in [3.05, 3.63) is 39.2 Å². The van der Waals surface area contributed by atoms with Crippen molar-refractivity contribution >= 4 is 56.2 Å². The third kappa shape index (κ3) is 3.79. The Morgan fingerprint density at radius 1 is 1.27 bits per heavy atom. The molecule has 0 spiro atoms. The number of benzene rings is 1. The lowest BCUT2D eigenvalue weighted by Gasteiger charge is -2.29. The molecule has 0 aliphatic carbocycles. The van der Waals surface area contributed by atoms with E-state index in [2.05, 4.69) is 20.8 Å². The molecule has 116 valence electrons. The molecule has 2 fully saturated rings. The summed E-state index contributed by atoms with van der Waals surface area (Å²) in [4.78, 5) is 17.3. The van der Waals surface area contributed by atoms with Crippen molar-refractivity contribution in [2.75, 3.05) is 19.8 Å². The van der Waals surface area contributed by atoms with Crippen LogP contribution in [0.3, 0.4) is 0 Å². The van der Waals surface area contributed by atoms with E-state index in [9.17, 15) is 4.79 Å². The summed E-state index contributed by atoms with van der Waals surface area (Å²) in [7, 11) is 0. The van der Waals surface area contributed by atoms with E-state index in [1.54, 1.807) is 4.90 Å². The monoisotopic (exact) mass is 396 g/mol. The zero-order valence-corrected chi connectivity index (χ0v) is 15.3. The quantitative estimate of drug-likeness (QED) is 0.566. The van der Waals surface area contributed by atoms with Crippen molar-refractivity contribution in [2.45, 2.75) is 19.3 Å². The Morgan fingerprint density at radius 3 is 2.77 bits per heavy atom. The molecule has 3 nitrogen and oxygen atoms in total. The molecule has 1 amide bonds. The van der Waals surface area contributed by atoms with Crippen LogP contribution in [0.4, 0.5) is 0 Å². The molecule has 0 N–H and O–H groups in total. The van der Waals surface area contributed by atoms with Crippen molar-refractivity contribution in [1.82, 2.24) is 9.80 Å². The van der Waals surface area contributed by atoms with E-state index in [-0.39, 0.29) is 5.91 Å². The van der Waals surface area contributed by atoms with Crippen molar-refractivity contribution in [1.29, 1.82) is 0 Å². The smallest absolute Gasteiger partial charge is 0.267 e. The molecule has 0 radical (unpaired) electrons. The van der Waals surface area contributed by atoms with Gasteiger partial charge in [-0.05, 0) is 49.7 Å². The molecule has 2 saturated heterocycles. The van der Waals surface area contributed by atoms with E-state index in [1.807, 2.05) is 30.3 Å². The molecule has 2 aliphatic rings. The highest BCUT2D eigenvalue weighted by Crippen LogP contribution is 2.33. The Labute approximate surface area is 148 Å². The molecule has 0 atom stereocenters. The Kier molecular flexibility index (Phi) is 5.33. The highest BCUT2D eigenvalue weighted by atomic mass is 79.9. The minimum absolute atomic E-state index is 0.0283. The van der Waals surface area contributed by atoms with Crippen LogP contribution in [-0.4, -0.2) is 39.8 Å². The highest BCUT2D eigenvalue weighted by molar-refractivity contribution is 9.10. The molecular formula is C16H17BrN2OS2. The number of likely N-dealkylation sites (tertiary alicyclic amines) is 1. The van der Waals surface area contributed by atoms with Crippen molar-refractivity contribution < 1.29 is 4.79 Å². The van der Waals surface area contributed by atoms with Crippen LogP contribution >= 0.6 is 39.9 Å². The van der Waals surface area contributed by atoms with Gasteiger partial charge in [0.1, 0.15) is 4.32 Å². The zero-order valence-electron chi connectivity index (χ0n) is 12.1. The molecule has 2 heterocycles. The maximum Gasteiger partial charge on any atom is 0.267 e. The van der Waals surface area contributed by atoms with E-state index in [0.29, 0.717) is 15.9 Å². The third-order valence-corrected chi connectivity index (χ3v) is 5.68. The molecule has 0 aromatic heterocycles. The highest BCUT2D eigenvalue weighted by Gasteiger charge is 2.33. The summed E-state index contributed by atoms with van der Waals surface area (Å²) in [6.07, 6.45) is 5.63. The van der Waals surface area contributed by atoms with E-state index < -0.39 is 0 Å². The zero-order chi connectivity index (χ0) is 15.5. The fraction of sp³-hybridized carbons (Fsp3) is 0.375. The first-order chi connectivity index (χ1) is 10.6. The number of carbonyl (C=O) groups is 1. The Morgan fingerprint density at radius 2 is 2.05 bits per heavy atom. The number of nitrogens with zero attached hydrogens (tertiary/aromatic N) is 2. The summed E-state index contributed by atoms with van der Waals surface area (Å²) in [6.45, 7) is 2.74. The summed E-state index contributed by atoms with van der Waals surface area (Å²) < 4.78 is 1.67. The van der Waals surface area contributed by atoms with Crippen LogP contribution in [-0.2, 0) is 4.79 Å². The second-order valence-electron chi connectivity index (χ2n) is 5.48. The summed E-state index contributed by atoms with van der Waals surface area (Å²) in [5.41, 5.74) is 1.01. The first-order valence-electron chi connectivity index (χ1n) is 7.37. The summed E-state index contributed by atoms with van der Waals surface area (Å²) in [5.74, 6) is 0.0283. The second-order valence-corrected chi connectivity index (χ2v) is 8.08. The number of rotatable bonds is 3. The van der Waals surface area contributed by atoms with Gasteiger partial charge in [0.15, 0.2) is 0 Å². The number of thioether (sulfide) groups is 1. The minimum atomic E-state index is 0.0283. The summed E-state index contributed by atoms with van der Waals surface area (Å²) >= 11 is 10.2. The van der Waals surface area contributed by atoms with Crippen LogP contribution in [0.25, 0.3) is 6.08 Å². The number of hydrogen-bond donors (Lipinski definition) is 0. The number of thiocarbonyl (C=S) groups is 1. The molecule has 0 bridgehead atoms. The number of piperidine rings is 1. The predicted octanol–water partition coefficient (Wildman–Crippen LogP) is 4.09. The average Bonchev–Trinajstić information content (AvgIpc) is 2.76. The molecular weight excluding hydrogens is 380 g/mol. The first-order valence-corrected chi connectivity index (χ1v) is 9.38. The second kappa shape index (κ2) is 7.25. The van der Waals surface area contributed by atoms with Crippen LogP contribution < -0.4 is 0 Å². The van der Waals surface area contributed by atoms with Crippen LogP contribution in [0.5, 0.6) is 0 Å². The molecule has 6 heteroatoms. The average molecular weight is 397 g/mol. The molecule has 0 unspecified atom stereocenters. The molecule has 1 aromatic rings. The largest absolute Gasteiger partial charge is 0.286 e. The van der Waals surface area contributed by atoms with Gasteiger partial charge in [0.2, 0.25) is 0 Å². The minimum Gasteiger partial charge on any atom is -0.286 e. The van der Waals surface area contributed by atoms with E-state index in [1.165, 1.54) is 31.0 Å². The van der Waals surface area contributed by atoms with Crippen LogP contribution in [0.2, 0.25) is 0 Å². The number of amides is 1. The van der Waals surface area contributed by atoms with Crippen molar-refractivity contribution in [2.24, 2.45) is 0 Å². The number of carbonyl (C=O) groups excluding carboxylic acids is 1. The summed E-state index contributed by atoms with van der Waals surface area (Å²) in [6, 6.07) is 7.92. The lowest BCUT2D eigenvalue weighted by Crippen LogP contribution is -2.42. The summed E-state index contributed by atoms with van der Waals surface area (Å²) in [5, 5.41) is 0. The molecule has 1 aromatic carbocycles. The third-order valence-electron chi connectivity index (χ3n) is 3.81. The number of halogens is 1. The van der Waals surface area contributed by atoms with Gasteiger partial charge in [-0.2, -0.15) is 0 Å². The van der Waals surface area contributed by atoms with Gasteiger partial charge in [0.25, 0.3) is 5.91 Å². The molecule has 2 aliphatic heterocycles. The van der Waals surface area contributed by atoms with E-state index >= 15 is 0 Å². The van der Waals surface area contributed by atoms with Gasteiger partial charge in [-0.1, -0.05) is 58.5 Å². The predicted molar refractivity (Wildman–Crippen MR) is 99.4 cm³/mol. The van der Waals surface area contributed by atoms with Gasteiger partial charge in [-0.25, -0.2) is 0 Å². The Balaban J connectivity index is 1.73. The van der Waals surface area contributed by atoms with Crippen molar-refractivity contribution in [3.63, 3.8) is 0 Å². The van der Waals surface area contributed by atoms with Gasteiger partial charge in [0.05, 0.1) is 11.6 Å². The standard InChI is InChI=1S/C16H17BrN2OS2/c17-13-6-4-5-12(9-13)10-14-15(20)19(16(21)22-14)11-18-7-2-1-3-8-18/h4-6,9-10H,1-3,7-8,11H2/b14-10-. The number of hydrogen-bond acceptors (Lipinski definition) is 4. The van der Waals surface area contributed by atoms with Crippen molar-refractivity contribution in [3.8, 4) is 0 Å². The Bertz CT molecular complexity index is 626. The van der Waals surface area contributed by atoms with Gasteiger partial charge >= 0.3 is 0 Å². The fourth-order valence-electron chi connectivity index (χ4n) is 2.67. The lowest BCUT2D eigenvalue weighted by molar-refractivity contribution is -0.123. The topological polar surface area (TPSA) is 23.6 Å². The van der Waals surface area contributed by atoms with Gasteiger partial charge in [0, 0.05) is 4.47 Å². The maximum atomic E-state index is 12.6. The first kappa shape index (κ1) is 16.2.